The average Bonchev–Trinajstić information content (AvgIpc) is 2.86. The first-order chi connectivity index (χ1) is 12.9. The van der Waals surface area contributed by atoms with E-state index in [1.165, 1.54) is 0 Å². The van der Waals surface area contributed by atoms with Gasteiger partial charge in [-0.1, -0.05) is 12.0 Å². The number of nitrogens with one attached hydrogen (secondary N) is 3. The Labute approximate surface area is 155 Å². The van der Waals surface area contributed by atoms with Gasteiger partial charge in [0.2, 0.25) is 11.8 Å². The quantitative estimate of drug-likeness (QED) is 0.473. The molecule has 3 aliphatic rings. The number of amides is 4. The van der Waals surface area contributed by atoms with Crippen LogP contribution in [0.1, 0.15) is 39.1 Å². The van der Waals surface area contributed by atoms with Crippen molar-refractivity contribution in [2.24, 2.45) is 0 Å². The molecule has 138 valence electrons. The number of carbonyl (C=O) groups excluding carboxylic acids is 4. The molecule has 0 bridgehead atoms. The van der Waals surface area contributed by atoms with Crippen molar-refractivity contribution in [3.8, 4) is 12.3 Å². The van der Waals surface area contributed by atoms with E-state index in [-0.39, 0.29) is 24.0 Å². The van der Waals surface area contributed by atoms with Crippen molar-refractivity contribution in [2.45, 2.75) is 31.0 Å². The Kier molecular flexibility index (Phi) is 4.06. The lowest BCUT2D eigenvalue weighted by Gasteiger charge is -2.39. The minimum absolute atomic E-state index is 0.0984. The average molecular weight is 366 g/mol. The zero-order valence-corrected chi connectivity index (χ0v) is 14.5. The van der Waals surface area contributed by atoms with Crippen molar-refractivity contribution in [1.29, 1.82) is 0 Å². The zero-order chi connectivity index (χ0) is 19.2. The monoisotopic (exact) mass is 366 g/mol. The molecule has 8 nitrogen and oxygen atoms in total. The highest BCUT2D eigenvalue weighted by Crippen LogP contribution is 2.28. The van der Waals surface area contributed by atoms with Gasteiger partial charge in [0.05, 0.1) is 11.1 Å². The van der Waals surface area contributed by atoms with E-state index in [1.54, 1.807) is 18.2 Å². The van der Waals surface area contributed by atoms with Crippen LogP contribution in [0.4, 0.5) is 0 Å². The molecule has 0 aromatic heterocycles. The first kappa shape index (κ1) is 17.4. The van der Waals surface area contributed by atoms with E-state index >= 15 is 0 Å². The lowest BCUT2D eigenvalue weighted by molar-refractivity contribution is -0.136. The third-order valence-electron chi connectivity index (χ3n) is 5.26. The molecule has 4 amide bonds. The lowest BCUT2D eigenvalue weighted by atomic mass is 9.93. The van der Waals surface area contributed by atoms with Gasteiger partial charge in [0, 0.05) is 26.1 Å². The summed E-state index contributed by atoms with van der Waals surface area (Å²) in [6.45, 7) is 1.81. The van der Waals surface area contributed by atoms with E-state index in [0.717, 1.165) is 10.5 Å². The second-order valence-electron chi connectivity index (χ2n) is 7.01. The Morgan fingerprint density at radius 3 is 2.56 bits per heavy atom. The highest BCUT2D eigenvalue weighted by Gasteiger charge is 2.44. The zero-order valence-electron chi connectivity index (χ0n) is 14.5. The maximum Gasteiger partial charge on any atom is 0.262 e. The van der Waals surface area contributed by atoms with E-state index in [2.05, 4.69) is 21.9 Å². The standard InChI is InChI=1S/C19H18N4O4/c1-2-19(9-20-10-19)21-8-11-3-4-12-13(7-11)18(27)23(17(12)26)14-5-6-15(24)22-16(14)25/h1,3-4,7,14,20-21H,5-6,8-10H2,(H,22,24,25). The summed E-state index contributed by atoms with van der Waals surface area (Å²) in [6, 6.07) is 4.06. The number of hydrogen-bond donors (Lipinski definition) is 3. The van der Waals surface area contributed by atoms with Crippen LogP contribution >= 0.6 is 0 Å². The van der Waals surface area contributed by atoms with Crippen molar-refractivity contribution in [1.82, 2.24) is 20.9 Å². The SMILES string of the molecule is C#CC1(NCc2ccc3c(c2)C(=O)N(C2CCC(=O)NC2=O)C3=O)CNC1. The third-order valence-corrected chi connectivity index (χ3v) is 5.26. The first-order valence-electron chi connectivity index (χ1n) is 8.72. The van der Waals surface area contributed by atoms with Gasteiger partial charge in [0.15, 0.2) is 0 Å². The van der Waals surface area contributed by atoms with E-state index < -0.39 is 35.2 Å². The predicted molar refractivity (Wildman–Crippen MR) is 94.4 cm³/mol. The fourth-order valence-electron chi connectivity index (χ4n) is 3.55. The van der Waals surface area contributed by atoms with Crippen LogP contribution in [0.25, 0.3) is 0 Å². The highest BCUT2D eigenvalue weighted by atomic mass is 16.2. The van der Waals surface area contributed by atoms with E-state index in [1.807, 2.05) is 0 Å². The molecular weight excluding hydrogens is 348 g/mol. The molecule has 1 aromatic rings. The summed E-state index contributed by atoms with van der Waals surface area (Å²) in [6.07, 6.45) is 5.81. The van der Waals surface area contributed by atoms with Gasteiger partial charge in [0.25, 0.3) is 11.8 Å². The lowest BCUT2D eigenvalue weighted by Crippen LogP contribution is -2.66. The number of hydrogen-bond acceptors (Lipinski definition) is 6. The largest absolute Gasteiger partial charge is 0.311 e. The molecule has 3 heterocycles. The van der Waals surface area contributed by atoms with Crippen molar-refractivity contribution in [3.63, 3.8) is 0 Å². The van der Waals surface area contributed by atoms with Gasteiger partial charge in [0.1, 0.15) is 11.6 Å². The van der Waals surface area contributed by atoms with Gasteiger partial charge in [-0.15, -0.1) is 6.42 Å². The van der Waals surface area contributed by atoms with Crippen molar-refractivity contribution >= 4 is 23.6 Å². The van der Waals surface area contributed by atoms with E-state index in [9.17, 15) is 19.2 Å². The molecule has 2 saturated heterocycles. The summed E-state index contributed by atoms with van der Waals surface area (Å²) in [7, 11) is 0. The van der Waals surface area contributed by atoms with Crippen LogP contribution in [0.5, 0.6) is 0 Å². The van der Waals surface area contributed by atoms with Crippen LogP contribution in [0, 0.1) is 12.3 Å². The Morgan fingerprint density at radius 1 is 1.19 bits per heavy atom. The predicted octanol–water partition coefficient (Wildman–Crippen LogP) is -0.847. The number of piperidine rings is 1. The molecule has 3 aliphatic heterocycles. The fraction of sp³-hybridized carbons (Fsp3) is 0.368. The summed E-state index contributed by atoms with van der Waals surface area (Å²) < 4.78 is 0. The minimum atomic E-state index is -0.956. The molecule has 0 saturated carbocycles. The molecule has 1 aromatic carbocycles. The molecule has 1 atom stereocenters. The van der Waals surface area contributed by atoms with Crippen LogP contribution in [0.3, 0.4) is 0 Å². The summed E-state index contributed by atoms with van der Waals surface area (Å²) in [4.78, 5) is 49.8. The topological polar surface area (TPSA) is 108 Å². The van der Waals surface area contributed by atoms with Crippen molar-refractivity contribution in [3.05, 3.63) is 34.9 Å². The van der Waals surface area contributed by atoms with Gasteiger partial charge in [-0.05, 0) is 24.1 Å². The molecule has 0 spiro atoms. The normalized spacial score (nSPS) is 23.5. The summed E-state index contributed by atoms with van der Waals surface area (Å²) in [5, 5.41) is 8.60. The molecule has 0 radical (unpaired) electrons. The number of fused-ring (bicyclic) bond motifs is 1. The van der Waals surface area contributed by atoms with Gasteiger partial charge < -0.3 is 5.32 Å². The number of imide groups is 2. The molecule has 4 rings (SSSR count). The van der Waals surface area contributed by atoms with E-state index in [0.29, 0.717) is 19.6 Å². The van der Waals surface area contributed by atoms with Crippen LogP contribution in [0.2, 0.25) is 0 Å². The van der Waals surface area contributed by atoms with E-state index in [4.69, 9.17) is 6.42 Å². The van der Waals surface area contributed by atoms with Crippen LogP contribution in [-0.4, -0.2) is 53.2 Å². The van der Waals surface area contributed by atoms with Crippen molar-refractivity contribution < 1.29 is 19.2 Å². The smallest absolute Gasteiger partial charge is 0.262 e. The third kappa shape index (κ3) is 2.81. The molecule has 0 aliphatic carbocycles. The number of nitrogens with zero attached hydrogens (tertiary/aromatic N) is 1. The molecule has 3 N–H and O–H groups in total. The van der Waals surface area contributed by atoms with Crippen LogP contribution in [0.15, 0.2) is 18.2 Å². The van der Waals surface area contributed by atoms with Crippen molar-refractivity contribution in [2.75, 3.05) is 13.1 Å². The van der Waals surface area contributed by atoms with Gasteiger partial charge in [-0.25, -0.2) is 0 Å². The second kappa shape index (κ2) is 6.30. The maximum atomic E-state index is 12.8. The first-order valence-corrected chi connectivity index (χ1v) is 8.72. The highest BCUT2D eigenvalue weighted by molar-refractivity contribution is 6.23. The fourth-order valence-corrected chi connectivity index (χ4v) is 3.55. The molecular formula is C19H18N4O4. The second-order valence-corrected chi connectivity index (χ2v) is 7.01. The Morgan fingerprint density at radius 2 is 1.93 bits per heavy atom. The van der Waals surface area contributed by atoms with Gasteiger partial charge >= 0.3 is 0 Å². The van der Waals surface area contributed by atoms with Gasteiger partial charge in [-0.3, -0.25) is 34.7 Å². The van der Waals surface area contributed by atoms with Crippen LogP contribution in [-0.2, 0) is 16.1 Å². The summed E-state index contributed by atoms with van der Waals surface area (Å²) in [5.74, 6) is 0.710. The molecule has 8 heteroatoms. The Bertz CT molecular complexity index is 913. The number of rotatable bonds is 4. The molecule has 1 unspecified atom stereocenters. The summed E-state index contributed by atoms with van der Waals surface area (Å²) in [5.41, 5.74) is 0.967. The Hall–Kier alpha value is -3.02. The van der Waals surface area contributed by atoms with Crippen LogP contribution < -0.4 is 16.0 Å². The Balaban J connectivity index is 1.54. The summed E-state index contributed by atoms with van der Waals surface area (Å²) >= 11 is 0. The minimum Gasteiger partial charge on any atom is -0.311 e. The maximum absolute atomic E-state index is 12.8. The molecule has 2 fully saturated rings. The molecule has 27 heavy (non-hydrogen) atoms. The number of benzene rings is 1. The number of terminal acetylenes is 1. The number of carbonyl (C=O) groups is 4. The van der Waals surface area contributed by atoms with Gasteiger partial charge in [-0.2, -0.15) is 0 Å².